The zero-order chi connectivity index (χ0) is 11.9. The molecule has 2 heterocycles. The summed E-state index contributed by atoms with van der Waals surface area (Å²) in [5, 5.41) is 0. The first-order valence-corrected chi connectivity index (χ1v) is 5.48. The van der Waals surface area contributed by atoms with Crippen LogP contribution in [0.1, 0.15) is 38.0 Å². The molecule has 0 aliphatic carbocycles. The number of hydrogen-bond donors (Lipinski definition) is 1. The Hall–Kier alpha value is -1.42. The van der Waals surface area contributed by atoms with Gasteiger partial charge in [0.25, 0.3) is 0 Å². The van der Waals surface area contributed by atoms with E-state index in [4.69, 9.17) is 5.73 Å². The van der Waals surface area contributed by atoms with Crippen LogP contribution >= 0.6 is 0 Å². The van der Waals surface area contributed by atoms with Gasteiger partial charge in [0.05, 0.1) is 11.4 Å². The molecule has 0 aliphatic heterocycles. The summed E-state index contributed by atoms with van der Waals surface area (Å²) in [7, 11) is 0. The predicted molar refractivity (Wildman–Crippen MR) is 64.3 cm³/mol. The van der Waals surface area contributed by atoms with Gasteiger partial charge < -0.3 is 5.73 Å². The first kappa shape index (κ1) is 11.1. The third-order valence-corrected chi connectivity index (χ3v) is 2.66. The molecule has 2 aromatic heterocycles. The monoisotopic (exact) mass is 218 g/mol. The summed E-state index contributed by atoms with van der Waals surface area (Å²) in [4.78, 5) is 9.07. The first-order valence-electron chi connectivity index (χ1n) is 5.48. The maximum Gasteiger partial charge on any atom is 0.140 e. The number of nitrogens with two attached hydrogens (primary N) is 1. The van der Waals surface area contributed by atoms with Crippen molar-refractivity contribution in [1.29, 1.82) is 0 Å². The van der Waals surface area contributed by atoms with Crippen molar-refractivity contribution in [3.63, 3.8) is 0 Å². The number of rotatable bonds is 1. The van der Waals surface area contributed by atoms with Crippen molar-refractivity contribution in [2.24, 2.45) is 5.73 Å². The van der Waals surface area contributed by atoms with Gasteiger partial charge in [0.15, 0.2) is 0 Å². The van der Waals surface area contributed by atoms with E-state index < -0.39 is 0 Å². The van der Waals surface area contributed by atoms with Crippen LogP contribution in [0.25, 0.3) is 5.65 Å². The molecule has 0 radical (unpaired) electrons. The van der Waals surface area contributed by atoms with Crippen LogP contribution in [-0.4, -0.2) is 14.4 Å². The topological polar surface area (TPSA) is 56.2 Å². The number of imidazole rings is 1. The second-order valence-electron chi connectivity index (χ2n) is 5.10. The number of nitrogens with zero attached hydrogens (tertiary/aromatic N) is 3. The maximum atomic E-state index is 5.59. The lowest BCUT2D eigenvalue weighted by Gasteiger charge is -2.18. The lowest BCUT2D eigenvalue weighted by molar-refractivity contribution is 0.564. The second-order valence-corrected chi connectivity index (χ2v) is 5.10. The van der Waals surface area contributed by atoms with E-state index in [1.54, 1.807) is 0 Å². The lowest BCUT2D eigenvalue weighted by Crippen LogP contribution is -2.15. The van der Waals surface area contributed by atoms with Crippen LogP contribution in [-0.2, 0) is 12.0 Å². The van der Waals surface area contributed by atoms with E-state index in [1.165, 1.54) is 0 Å². The highest BCUT2D eigenvalue weighted by Crippen LogP contribution is 2.22. The molecule has 2 rings (SSSR count). The van der Waals surface area contributed by atoms with E-state index in [9.17, 15) is 0 Å². The molecular formula is C12H18N4. The molecule has 0 fully saturated rings. The van der Waals surface area contributed by atoms with E-state index >= 15 is 0 Å². The Kier molecular flexibility index (Phi) is 2.46. The Balaban J connectivity index is 2.67. The van der Waals surface area contributed by atoms with Gasteiger partial charge in [-0.2, -0.15) is 0 Å². The van der Waals surface area contributed by atoms with Gasteiger partial charge >= 0.3 is 0 Å². The van der Waals surface area contributed by atoms with Gasteiger partial charge in [-0.15, -0.1) is 0 Å². The van der Waals surface area contributed by atoms with Crippen LogP contribution in [0.3, 0.4) is 0 Å². The average molecular weight is 218 g/mol. The van der Waals surface area contributed by atoms with Crippen molar-refractivity contribution in [3.05, 3.63) is 29.5 Å². The van der Waals surface area contributed by atoms with E-state index in [-0.39, 0.29) is 5.41 Å². The van der Waals surface area contributed by atoms with Crippen LogP contribution in [0.2, 0.25) is 0 Å². The predicted octanol–water partition coefficient (Wildman–Crippen LogP) is 1.79. The third kappa shape index (κ3) is 1.80. The molecule has 0 atom stereocenters. The van der Waals surface area contributed by atoms with Gasteiger partial charge in [-0.25, -0.2) is 9.97 Å². The SMILES string of the molecule is Cc1nc(C(C)(C)C)cc2nc(CN)cn12. The smallest absolute Gasteiger partial charge is 0.140 e. The van der Waals surface area contributed by atoms with Crippen LogP contribution in [0, 0.1) is 6.92 Å². The number of hydrogen-bond acceptors (Lipinski definition) is 3. The average Bonchev–Trinajstić information content (AvgIpc) is 2.59. The molecule has 4 nitrogen and oxygen atoms in total. The molecule has 0 saturated carbocycles. The quantitative estimate of drug-likeness (QED) is 0.794. The highest BCUT2D eigenvalue weighted by molar-refractivity contribution is 5.43. The Morgan fingerprint density at radius 3 is 2.56 bits per heavy atom. The molecule has 2 N–H and O–H groups in total. The van der Waals surface area contributed by atoms with Crippen LogP contribution in [0.4, 0.5) is 0 Å². The van der Waals surface area contributed by atoms with Crippen molar-refractivity contribution in [2.45, 2.75) is 39.7 Å². The number of aromatic nitrogens is 3. The van der Waals surface area contributed by atoms with E-state index in [2.05, 4.69) is 30.7 Å². The molecule has 2 aromatic rings. The highest BCUT2D eigenvalue weighted by Gasteiger charge is 2.17. The molecular weight excluding hydrogens is 200 g/mol. The molecule has 0 aromatic carbocycles. The minimum atomic E-state index is 0.0430. The fourth-order valence-corrected chi connectivity index (χ4v) is 1.67. The lowest BCUT2D eigenvalue weighted by atomic mass is 9.92. The Morgan fingerprint density at radius 2 is 2.00 bits per heavy atom. The minimum Gasteiger partial charge on any atom is -0.325 e. The standard InChI is InChI=1S/C12H18N4/c1-8-14-10(12(2,3)4)5-11-15-9(6-13)7-16(8)11/h5,7H,6,13H2,1-4H3. The summed E-state index contributed by atoms with van der Waals surface area (Å²) in [6, 6.07) is 2.03. The fraction of sp³-hybridized carbons (Fsp3) is 0.500. The summed E-state index contributed by atoms with van der Waals surface area (Å²) >= 11 is 0. The molecule has 86 valence electrons. The Morgan fingerprint density at radius 1 is 1.31 bits per heavy atom. The Bertz CT molecular complexity index is 520. The van der Waals surface area contributed by atoms with Crippen LogP contribution in [0.15, 0.2) is 12.3 Å². The molecule has 0 bridgehead atoms. The molecule has 16 heavy (non-hydrogen) atoms. The van der Waals surface area contributed by atoms with Crippen LogP contribution in [0.5, 0.6) is 0 Å². The third-order valence-electron chi connectivity index (χ3n) is 2.66. The van der Waals surface area contributed by atoms with Crippen molar-refractivity contribution < 1.29 is 0 Å². The molecule has 0 amide bonds. The molecule has 0 unspecified atom stereocenters. The zero-order valence-corrected chi connectivity index (χ0v) is 10.3. The fourth-order valence-electron chi connectivity index (χ4n) is 1.67. The molecule has 0 saturated heterocycles. The molecule has 0 aliphatic rings. The Labute approximate surface area is 95.5 Å². The van der Waals surface area contributed by atoms with Gasteiger partial charge in [0.1, 0.15) is 11.5 Å². The van der Waals surface area contributed by atoms with Gasteiger partial charge in [-0.3, -0.25) is 4.40 Å². The van der Waals surface area contributed by atoms with Crippen molar-refractivity contribution >= 4 is 5.65 Å². The molecule has 4 heteroatoms. The van der Waals surface area contributed by atoms with Crippen molar-refractivity contribution in [3.8, 4) is 0 Å². The summed E-state index contributed by atoms with van der Waals surface area (Å²) in [6.07, 6.45) is 1.95. The van der Waals surface area contributed by atoms with Gasteiger partial charge in [-0.05, 0) is 6.92 Å². The summed E-state index contributed by atoms with van der Waals surface area (Å²) in [5.41, 5.74) is 8.52. The number of aryl methyl sites for hydroxylation is 1. The van der Waals surface area contributed by atoms with Crippen molar-refractivity contribution in [1.82, 2.24) is 14.4 Å². The van der Waals surface area contributed by atoms with Gasteiger partial charge in [0.2, 0.25) is 0 Å². The van der Waals surface area contributed by atoms with E-state index in [1.807, 2.05) is 23.6 Å². The van der Waals surface area contributed by atoms with Gasteiger partial charge in [0, 0.05) is 24.2 Å². The minimum absolute atomic E-state index is 0.0430. The van der Waals surface area contributed by atoms with Gasteiger partial charge in [-0.1, -0.05) is 20.8 Å². The highest BCUT2D eigenvalue weighted by atomic mass is 15.1. The van der Waals surface area contributed by atoms with Crippen molar-refractivity contribution in [2.75, 3.05) is 0 Å². The second kappa shape index (κ2) is 3.56. The summed E-state index contributed by atoms with van der Waals surface area (Å²) in [5.74, 6) is 0.953. The van der Waals surface area contributed by atoms with Crippen LogP contribution < -0.4 is 5.73 Å². The van der Waals surface area contributed by atoms with E-state index in [0.717, 1.165) is 22.9 Å². The summed E-state index contributed by atoms with van der Waals surface area (Å²) < 4.78 is 1.98. The normalized spacial score (nSPS) is 12.3. The first-order chi connectivity index (χ1) is 7.41. The summed E-state index contributed by atoms with van der Waals surface area (Å²) in [6.45, 7) is 8.91. The largest absolute Gasteiger partial charge is 0.325 e. The zero-order valence-electron chi connectivity index (χ0n) is 10.3. The molecule has 0 spiro atoms. The maximum absolute atomic E-state index is 5.59. The number of fused-ring (bicyclic) bond motifs is 1. The van der Waals surface area contributed by atoms with E-state index in [0.29, 0.717) is 6.54 Å².